The van der Waals surface area contributed by atoms with Crippen LogP contribution in [0.2, 0.25) is 0 Å². The van der Waals surface area contributed by atoms with E-state index in [1.54, 1.807) is 0 Å². The molecule has 0 saturated carbocycles. The van der Waals surface area contributed by atoms with E-state index in [1.807, 2.05) is 0 Å². The van der Waals surface area contributed by atoms with E-state index in [1.165, 1.54) is 89.0 Å². The smallest absolute Gasteiger partial charge is 0.0725 e. The van der Waals surface area contributed by atoms with Crippen LogP contribution in [0.1, 0.15) is 44.5 Å². The Morgan fingerprint density at radius 1 is 0.222 bits per heavy atom. The van der Waals surface area contributed by atoms with E-state index in [-0.39, 0.29) is 0 Å². The summed E-state index contributed by atoms with van der Waals surface area (Å²) in [4.78, 5) is 2.47. The largest absolute Gasteiger partial charge is 0.310 e. The number of benzene rings is 10. The maximum Gasteiger partial charge on any atom is 0.0725 e. The average molecular weight is 800 g/mol. The topological polar surface area (TPSA) is 3.24 Å². The van der Waals surface area contributed by atoms with Crippen LogP contribution >= 0.6 is 0 Å². The zero-order valence-corrected chi connectivity index (χ0v) is 34.6. The summed E-state index contributed by atoms with van der Waals surface area (Å²) in [5, 5.41) is 0. The van der Waals surface area contributed by atoms with E-state index >= 15 is 0 Å². The number of hydrogen-bond donors (Lipinski definition) is 0. The highest BCUT2D eigenvalue weighted by Gasteiger charge is 2.52. The second kappa shape index (κ2) is 13.8. The molecule has 13 rings (SSSR count). The van der Waals surface area contributed by atoms with Crippen LogP contribution in [-0.4, -0.2) is 0 Å². The summed E-state index contributed by atoms with van der Waals surface area (Å²) < 4.78 is 0. The maximum absolute atomic E-state index is 2.47. The molecule has 10 aromatic carbocycles. The molecule has 0 N–H and O–H groups in total. The van der Waals surface area contributed by atoms with Gasteiger partial charge in [0.15, 0.2) is 0 Å². The highest BCUT2D eigenvalue weighted by molar-refractivity contribution is 5.97. The van der Waals surface area contributed by atoms with E-state index in [4.69, 9.17) is 0 Å². The molecule has 0 aliphatic heterocycles. The normalized spacial score (nSPS) is 14.0. The number of hydrogen-bond acceptors (Lipinski definition) is 1. The third-order valence-electron chi connectivity index (χ3n) is 14.2. The Morgan fingerprint density at radius 3 is 1.00 bits per heavy atom. The maximum atomic E-state index is 2.47. The first-order chi connectivity index (χ1) is 31.3. The summed E-state index contributed by atoms with van der Waals surface area (Å²) in [5.74, 6) is 0. The Kier molecular flexibility index (Phi) is 7.80. The van der Waals surface area contributed by atoms with Crippen LogP contribution in [-0.2, 0) is 10.8 Å². The molecule has 1 nitrogen and oxygen atoms in total. The summed E-state index contributed by atoms with van der Waals surface area (Å²) in [5.41, 5.74) is 23.2. The first kappa shape index (κ1) is 35.7. The zero-order chi connectivity index (χ0) is 41.5. The molecule has 3 aliphatic carbocycles. The molecule has 0 unspecified atom stereocenters. The number of fused-ring (bicyclic) bond motifs is 13. The Balaban J connectivity index is 1.04. The van der Waals surface area contributed by atoms with Crippen molar-refractivity contribution in [3.8, 4) is 44.5 Å². The summed E-state index contributed by atoms with van der Waals surface area (Å²) >= 11 is 0. The van der Waals surface area contributed by atoms with Gasteiger partial charge in [0.25, 0.3) is 0 Å². The lowest BCUT2D eigenvalue weighted by molar-refractivity contribution is 0.768. The molecule has 0 atom stereocenters. The molecule has 0 aromatic heterocycles. The van der Waals surface area contributed by atoms with Crippen molar-refractivity contribution >= 4 is 17.1 Å². The van der Waals surface area contributed by atoms with Crippen molar-refractivity contribution < 1.29 is 0 Å². The second-order valence-electron chi connectivity index (χ2n) is 17.1. The molecule has 0 radical (unpaired) electrons. The van der Waals surface area contributed by atoms with Crippen LogP contribution in [0.25, 0.3) is 44.5 Å². The molecule has 63 heavy (non-hydrogen) atoms. The van der Waals surface area contributed by atoms with E-state index in [2.05, 4.69) is 254 Å². The van der Waals surface area contributed by atoms with Gasteiger partial charge in [-0.05, 0) is 125 Å². The summed E-state index contributed by atoms with van der Waals surface area (Å²) in [7, 11) is 0. The third-order valence-corrected chi connectivity index (χ3v) is 14.2. The molecule has 10 aromatic rings. The first-order valence-corrected chi connectivity index (χ1v) is 22.0. The Labute approximate surface area is 368 Å². The summed E-state index contributed by atoms with van der Waals surface area (Å²) in [6, 6.07) is 92.5. The number of rotatable bonds is 6. The van der Waals surface area contributed by atoms with Gasteiger partial charge in [0, 0.05) is 17.1 Å². The number of anilines is 3. The van der Waals surface area contributed by atoms with Gasteiger partial charge in [0.1, 0.15) is 0 Å². The third kappa shape index (κ3) is 4.94. The predicted octanol–water partition coefficient (Wildman–Crippen LogP) is 15.5. The Bertz CT molecular complexity index is 3200. The van der Waals surface area contributed by atoms with Crippen molar-refractivity contribution in [2.24, 2.45) is 0 Å². The molecule has 294 valence electrons. The molecule has 1 heteroatoms. The summed E-state index contributed by atoms with van der Waals surface area (Å²) in [6.45, 7) is 0. The van der Waals surface area contributed by atoms with Gasteiger partial charge in [-0.3, -0.25) is 0 Å². The van der Waals surface area contributed by atoms with Crippen molar-refractivity contribution in [3.63, 3.8) is 0 Å². The second-order valence-corrected chi connectivity index (χ2v) is 17.1. The van der Waals surface area contributed by atoms with Gasteiger partial charge in [-0.2, -0.15) is 0 Å². The molecule has 3 aliphatic rings. The van der Waals surface area contributed by atoms with Crippen LogP contribution in [0.5, 0.6) is 0 Å². The number of nitrogens with zero attached hydrogens (tertiary/aromatic N) is 1. The molecule has 0 amide bonds. The minimum absolute atomic E-state index is 0.394. The minimum atomic E-state index is -0.464. The van der Waals surface area contributed by atoms with Crippen molar-refractivity contribution in [2.75, 3.05) is 4.90 Å². The first-order valence-electron chi connectivity index (χ1n) is 22.0. The standard InChI is InChI=1S/C62H41N/c1-4-18-42(19-5-1)43-32-34-46(35-33-43)63(47-36-38-59-53(40-47)51-26-12-14-28-55(51)61(59,44-20-6-2-7-21-44)45-22-8-3-9-23-45)48-37-39-60-54(41-48)52-27-13-17-31-58(52)62(60)56-29-15-10-24-49(56)50-25-11-16-30-57(50)62/h1-41H. The van der Waals surface area contributed by atoms with Crippen molar-refractivity contribution in [1.82, 2.24) is 0 Å². The minimum Gasteiger partial charge on any atom is -0.310 e. The lowest BCUT2D eigenvalue weighted by Gasteiger charge is -2.34. The van der Waals surface area contributed by atoms with E-state index in [0.717, 1.165) is 17.1 Å². The lowest BCUT2D eigenvalue weighted by Crippen LogP contribution is -2.28. The van der Waals surface area contributed by atoms with Crippen molar-refractivity contribution in [1.29, 1.82) is 0 Å². The average Bonchev–Trinajstić information content (AvgIpc) is 3.95. The van der Waals surface area contributed by atoms with E-state index in [9.17, 15) is 0 Å². The molecule has 1 spiro atoms. The van der Waals surface area contributed by atoms with Crippen LogP contribution in [0, 0.1) is 0 Å². The van der Waals surface area contributed by atoms with E-state index < -0.39 is 10.8 Å². The van der Waals surface area contributed by atoms with Gasteiger partial charge >= 0.3 is 0 Å². The van der Waals surface area contributed by atoms with Gasteiger partial charge in [-0.1, -0.05) is 212 Å². The fraction of sp³-hybridized carbons (Fsp3) is 0.0323. The van der Waals surface area contributed by atoms with Crippen LogP contribution in [0.4, 0.5) is 17.1 Å². The monoisotopic (exact) mass is 799 g/mol. The van der Waals surface area contributed by atoms with Gasteiger partial charge in [-0.25, -0.2) is 0 Å². The van der Waals surface area contributed by atoms with Gasteiger partial charge in [-0.15, -0.1) is 0 Å². The van der Waals surface area contributed by atoms with E-state index in [0.29, 0.717) is 0 Å². The molecule has 0 bridgehead atoms. The lowest BCUT2D eigenvalue weighted by atomic mass is 9.68. The van der Waals surface area contributed by atoms with Gasteiger partial charge in [0.2, 0.25) is 0 Å². The molecule has 0 heterocycles. The van der Waals surface area contributed by atoms with Gasteiger partial charge < -0.3 is 4.90 Å². The predicted molar refractivity (Wildman–Crippen MR) is 260 cm³/mol. The molecule has 0 saturated heterocycles. The Hall–Kier alpha value is -8.00. The van der Waals surface area contributed by atoms with Crippen LogP contribution in [0.15, 0.2) is 249 Å². The zero-order valence-electron chi connectivity index (χ0n) is 34.6. The van der Waals surface area contributed by atoms with Crippen LogP contribution in [0.3, 0.4) is 0 Å². The fourth-order valence-electron chi connectivity index (χ4n) is 11.7. The molecular formula is C62H41N. The fourth-order valence-corrected chi connectivity index (χ4v) is 11.7. The van der Waals surface area contributed by atoms with Crippen molar-refractivity contribution in [3.05, 3.63) is 293 Å². The SMILES string of the molecule is c1ccc(-c2ccc(N(c3ccc4c(c3)-c3ccccc3C4(c3ccccc3)c3ccccc3)c3ccc4c(c3)-c3ccccc3C43c4ccccc4-c4ccccc43)cc2)cc1. The molecular weight excluding hydrogens is 759 g/mol. The highest BCUT2D eigenvalue weighted by Crippen LogP contribution is 2.63. The quantitative estimate of drug-likeness (QED) is 0.162. The highest BCUT2D eigenvalue weighted by atomic mass is 15.1. The Morgan fingerprint density at radius 2 is 0.540 bits per heavy atom. The summed E-state index contributed by atoms with van der Waals surface area (Å²) in [6.07, 6.45) is 0. The molecule has 0 fully saturated rings. The van der Waals surface area contributed by atoms with Crippen LogP contribution < -0.4 is 4.90 Å². The van der Waals surface area contributed by atoms with Crippen molar-refractivity contribution in [2.45, 2.75) is 10.8 Å². The van der Waals surface area contributed by atoms with Gasteiger partial charge in [0.05, 0.1) is 10.8 Å².